The number of fused-ring (bicyclic) bond motifs is 2. The third-order valence-corrected chi connectivity index (χ3v) is 13.4. The van der Waals surface area contributed by atoms with Crippen molar-refractivity contribution in [3.8, 4) is 0 Å². The number of halogens is 2. The minimum atomic E-state index is -4.87. The van der Waals surface area contributed by atoms with Crippen LogP contribution in [0.25, 0.3) is 0 Å². The molecule has 2 unspecified atom stereocenters. The van der Waals surface area contributed by atoms with Crippen molar-refractivity contribution in [2.45, 2.75) is 4.90 Å². The zero-order chi connectivity index (χ0) is 18.5. The van der Waals surface area contributed by atoms with Crippen molar-refractivity contribution in [2.24, 2.45) is 0 Å². The molecule has 0 aliphatic carbocycles. The van der Waals surface area contributed by atoms with Gasteiger partial charge in [-0.25, -0.2) is 0 Å². The van der Waals surface area contributed by atoms with Gasteiger partial charge in [0.25, 0.3) is 0 Å². The van der Waals surface area contributed by atoms with Gasteiger partial charge in [0.2, 0.25) is 0 Å². The van der Waals surface area contributed by atoms with Gasteiger partial charge in [-0.15, -0.1) is 0 Å². The van der Waals surface area contributed by atoms with Crippen molar-refractivity contribution in [3.05, 3.63) is 61.2 Å². The van der Waals surface area contributed by atoms with E-state index in [-0.39, 0.29) is 17.6 Å². The molecule has 4 rings (SSSR count). The van der Waals surface area contributed by atoms with Crippen LogP contribution in [0.2, 0.25) is 0 Å². The Morgan fingerprint density at radius 2 is 1.40 bits per heavy atom. The molecule has 2 atom stereocenters. The fourth-order valence-corrected chi connectivity index (χ4v) is 11.8. The molecule has 2 aliphatic heterocycles. The van der Waals surface area contributed by atoms with Gasteiger partial charge in [-0.2, -0.15) is 0 Å². The quantitative estimate of drug-likeness (QED) is 0.437. The van der Waals surface area contributed by atoms with E-state index in [2.05, 4.69) is 5.58 Å². The molecule has 0 aromatic heterocycles. The van der Waals surface area contributed by atoms with Crippen molar-refractivity contribution in [1.29, 1.82) is 0 Å². The van der Waals surface area contributed by atoms with E-state index >= 15 is 0 Å². The van der Waals surface area contributed by atoms with E-state index in [9.17, 15) is 26.2 Å². The predicted octanol–water partition coefficient (Wildman–Crippen LogP) is 2.02. The molecule has 0 saturated carbocycles. The molecule has 2 N–H and O–H groups in total. The third-order valence-electron chi connectivity index (χ3n) is 3.06. The second-order valence-electron chi connectivity index (χ2n) is 4.67. The molecule has 0 fully saturated rings. The van der Waals surface area contributed by atoms with Gasteiger partial charge in [0.05, 0.1) is 0 Å². The zero-order valence-corrected chi connectivity index (χ0v) is 17.2. The number of hydrogen-bond donors (Lipinski definition) is 2. The first kappa shape index (κ1) is 18.6. The maximum atomic E-state index is 11.3. The van der Waals surface area contributed by atoms with Crippen LogP contribution in [0.4, 0.5) is 0 Å². The SMILES string of the molecule is O=C1OI(=O)(O)c2ccccc21.O=S1(=O)OI(=O)(O)c2ccccc21. The van der Waals surface area contributed by atoms with E-state index in [0.29, 0.717) is 0 Å². The Balaban J connectivity index is 0.000000146. The zero-order valence-electron chi connectivity index (χ0n) is 12.0. The molecule has 2 heterocycles. The van der Waals surface area contributed by atoms with E-state index in [0.717, 1.165) is 0 Å². The van der Waals surface area contributed by atoms with E-state index < -0.39 is 54.6 Å². The summed E-state index contributed by atoms with van der Waals surface area (Å²) in [7, 11) is -4.00. The van der Waals surface area contributed by atoms with Gasteiger partial charge in [-0.1, -0.05) is 0 Å². The van der Waals surface area contributed by atoms with Crippen LogP contribution in [0.5, 0.6) is 0 Å². The average Bonchev–Trinajstić information content (AvgIpc) is 2.88. The van der Waals surface area contributed by atoms with Crippen LogP contribution in [0.1, 0.15) is 10.4 Å². The Morgan fingerprint density at radius 3 is 2.00 bits per heavy atom. The first-order valence-electron chi connectivity index (χ1n) is 6.35. The van der Waals surface area contributed by atoms with Crippen LogP contribution in [0.3, 0.4) is 0 Å². The first-order chi connectivity index (χ1) is 11.5. The van der Waals surface area contributed by atoms with Crippen molar-refractivity contribution in [3.63, 3.8) is 0 Å². The number of carbonyl (C=O) groups excluding carboxylic acids is 1. The minimum absolute atomic E-state index is 0.0885. The molecular weight excluding hydrogens is 586 g/mol. The Hall–Kier alpha value is -1.20. The Labute approximate surface area is 151 Å². The third kappa shape index (κ3) is 3.41. The monoisotopic (exact) mass is 596 g/mol. The number of rotatable bonds is 0. The van der Waals surface area contributed by atoms with Gasteiger partial charge in [-0.3, -0.25) is 0 Å². The molecule has 25 heavy (non-hydrogen) atoms. The van der Waals surface area contributed by atoms with Gasteiger partial charge in [0.1, 0.15) is 0 Å². The van der Waals surface area contributed by atoms with Crippen molar-refractivity contribution in [2.75, 3.05) is 0 Å². The molecule has 0 spiro atoms. The van der Waals surface area contributed by atoms with E-state index in [1.165, 1.54) is 36.4 Å². The van der Waals surface area contributed by atoms with Crippen LogP contribution in [-0.2, 0) is 21.8 Å². The second-order valence-corrected chi connectivity index (χ2v) is 15.0. The van der Waals surface area contributed by atoms with Gasteiger partial charge in [-0.05, 0) is 0 Å². The maximum absolute atomic E-state index is 11.3. The summed E-state index contributed by atoms with van der Waals surface area (Å²) in [4.78, 5) is 10.8. The van der Waals surface area contributed by atoms with Gasteiger partial charge >= 0.3 is 153 Å². The molecule has 136 valence electrons. The van der Waals surface area contributed by atoms with Crippen LogP contribution in [0.15, 0.2) is 53.4 Å². The number of hydrogen-bond acceptors (Lipinski definition) is 7. The molecule has 0 bridgehead atoms. The van der Waals surface area contributed by atoms with Crippen LogP contribution in [-0.4, -0.2) is 21.3 Å². The Kier molecular flexibility index (Phi) is 4.61. The van der Waals surface area contributed by atoms with Crippen molar-refractivity contribution in [1.82, 2.24) is 0 Å². The van der Waals surface area contributed by atoms with E-state index in [1.807, 2.05) is 0 Å². The molecule has 0 amide bonds. The average molecular weight is 596 g/mol. The molecule has 2 aliphatic rings. The number of carbonyl (C=O) groups is 1. The summed E-state index contributed by atoms with van der Waals surface area (Å²) in [6.07, 6.45) is 0. The van der Waals surface area contributed by atoms with Gasteiger partial charge < -0.3 is 0 Å². The van der Waals surface area contributed by atoms with Crippen molar-refractivity contribution < 1.29 is 31.8 Å². The van der Waals surface area contributed by atoms with E-state index in [4.69, 9.17) is 0 Å². The van der Waals surface area contributed by atoms with E-state index in [1.54, 1.807) is 12.1 Å². The van der Waals surface area contributed by atoms with Crippen LogP contribution in [0, 0.1) is 7.14 Å². The molecule has 12 heteroatoms. The molecule has 0 saturated heterocycles. The molecule has 2 aromatic carbocycles. The summed E-state index contributed by atoms with van der Waals surface area (Å²) >= 11 is -9.41. The summed E-state index contributed by atoms with van der Waals surface area (Å²) in [5.74, 6) is -0.695. The fourth-order valence-electron chi connectivity index (χ4n) is 2.04. The van der Waals surface area contributed by atoms with Crippen LogP contribution < -0.4 is 0 Å². The number of benzene rings is 2. The fraction of sp³-hybridized carbons (Fsp3) is 0. The topological polar surface area (TPSA) is 144 Å². The van der Waals surface area contributed by atoms with Crippen LogP contribution >= 0.6 is 38.5 Å². The van der Waals surface area contributed by atoms with Gasteiger partial charge in [0, 0.05) is 0 Å². The first-order valence-corrected chi connectivity index (χ1v) is 15.4. The van der Waals surface area contributed by atoms with Crippen molar-refractivity contribution >= 4 is 54.6 Å². The standard InChI is InChI=1S/C7H5IO4.C6H5IO5S/c9-7-5-3-1-2-4-6(5)8(10,11)12-7;8-7(9)5-3-1-2-4-6(5)13(10,11)12-7/h1-4H,(H,10,11);1-4H,(H,8,9). The Morgan fingerprint density at radius 1 is 0.840 bits per heavy atom. The second kappa shape index (κ2) is 6.20. The summed E-state index contributed by atoms with van der Waals surface area (Å²) in [5.41, 5.74) is 0.214. The molecular formula is C13H10I2O9S. The summed E-state index contributed by atoms with van der Waals surface area (Å²) in [5, 5.41) is 0. The molecule has 9 nitrogen and oxygen atoms in total. The normalized spacial score (nSPS) is 33.4. The summed E-state index contributed by atoms with van der Waals surface area (Å²) in [6, 6.07) is 11.7. The predicted molar refractivity (Wildman–Crippen MR) is 97.8 cm³/mol. The summed E-state index contributed by atoms with van der Waals surface area (Å²) < 4.78 is 71.8. The molecule has 2 aromatic rings. The summed E-state index contributed by atoms with van der Waals surface area (Å²) in [6.45, 7) is 0. The Bertz CT molecular complexity index is 1080. The molecule has 0 radical (unpaired) electrons. The van der Waals surface area contributed by atoms with Gasteiger partial charge in [0.15, 0.2) is 0 Å².